The number of rotatable bonds is 3. The van der Waals surface area contributed by atoms with Crippen molar-refractivity contribution in [1.29, 1.82) is 0 Å². The zero-order valence-electron chi connectivity index (χ0n) is 11.3. The van der Waals surface area contributed by atoms with Crippen LogP contribution in [0.1, 0.15) is 25.8 Å². The maximum atomic E-state index is 6.28. The third-order valence-electron chi connectivity index (χ3n) is 3.74. The van der Waals surface area contributed by atoms with Crippen LogP contribution in [0, 0.1) is 11.3 Å². The molecule has 0 spiro atoms. The first-order chi connectivity index (χ1) is 9.04. The number of benzene rings is 1. The molecule has 2 bridgehead atoms. The molecule has 0 atom stereocenters. The second-order valence-electron chi connectivity index (χ2n) is 6.03. The highest BCUT2D eigenvalue weighted by atomic mass is 35.5. The van der Waals surface area contributed by atoms with Gasteiger partial charge in [0.1, 0.15) is 0 Å². The molecule has 0 unspecified atom stereocenters. The van der Waals surface area contributed by atoms with E-state index in [0.29, 0.717) is 5.41 Å². The van der Waals surface area contributed by atoms with Gasteiger partial charge in [0, 0.05) is 27.5 Å². The molecule has 3 aliphatic heterocycles. The second kappa shape index (κ2) is 5.18. The van der Waals surface area contributed by atoms with Crippen molar-refractivity contribution in [3.05, 3.63) is 34.9 Å². The molecule has 4 rings (SSSR count). The Morgan fingerprint density at radius 1 is 1.21 bits per heavy atom. The Morgan fingerprint density at radius 2 is 1.84 bits per heavy atom. The predicted octanol–water partition coefficient (Wildman–Crippen LogP) is 4.99. The van der Waals surface area contributed by atoms with Crippen molar-refractivity contribution in [3.8, 4) is 0 Å². The summed E-state index contributed by atoms with van der Waals surface area (Å²) >= 11 is 9.89. The van der Waals surface area contributed by atoms with E-state index >= 15 is 0 Å². The van der Waals surface area contributed by atoms with Crippen LogP contribution in [-0.2, 0) is 9.00 Å². The van der Waals surface area contributed by atoms with Gasteiger partial charge in [0.25, 0.3) is 0 Å². The first-order valence-electron chi connectivity index (χ1n) is 6.72. The molecular weight excluding hydrogens is 296 g/mol. The van der Waals surface area contributed by atoms with Crippen LogP contribution in [0.15, 0.2) is 24.3 Å². The first-order valence-corrected chi connectivity index (χ1v) is 9.07. The van der Waals surface area contributed by atoms with E-state index in [9.17, 15) is 0 Å². The van der Waals surface area contributed by atoms with Crippen LogP contribution in [-0.4, -0.2) is 18.1 Å². The summed E-state index contributed by atoms with van der Waals surface area (Å²) in [7, 11) is 0. The fraction of sp³-hybridized carbons (Fsp3) is 0.600. The SMILES string of the molecule is CC(C)CC12COC(c3ccc(Cl)cc3)(SC1)SC2. The summed E-state index contributed by atoms with van der Waals surface area (Å²) in [5, 5.41) is 0.788. The molecule has 0 aliphatic carbocycles. The van der Waals surface area contributed by atoms with Gasteiger partial charge in [-0.2, -0.15) is 0 Å². The number of halogens is 1. The molecule has 0 aromatic heterocycles. The Hall–Kier alpha value is 0.170. The Labute approximate surface area is 128 Å². The highest BCUT2D eigenvalue weighted by Gasteiger charge is 2.52. The van der Waals surface area contributed by atoms with Crippen LogP contribution in [0.5, 0.6) is 0 Å². The van der Waals surface area contributed by atoms with E-state index in [2.05, 4.69) is 26.0 Å². The molecule has 1 nitrogen and oxygen atoms in total. The molecule has 3 saturated heterocycles. The molecule has 3 aliphatic rings. The molecule has 104 valence electrons. The van der Waals surface area contributed by atoms with Crippen molar-refractivity contribution in [2.75, 3.05) is 18.1 Å². The highest BCUT2D eigenvalue weighted by Crippen LogP contribution is 2.61. The lowest BCUT2D eigenvalue weighted by Gasteiger charge is -2.52. The summed E-state index contributed by atoms with van der Waals surface area (Å²) in [5.41, 5.74) is 1.63. The van der Waals surface area contributed by atoms with Crippen LogP contribution in [0.2, 0.25) is 5.02 Å². The molecule has 1 aromatic carbocycles. The van der Waals surface area contributed by atoms with Crippen LogP contribution < -0.4 is 0 Å². The summed E-state index contributed by atoms with van der Waals surface area (Å²) in [6.07, 6.45) is 1.27. The maximum Gasteiger partial charge on any atom is 0.186 e. The first kappa shape index (κ1) is 14.1. The normalized spacial score (nSPS) is 33.9. The van der Waals surface area contributed by atoms with Gasteiger partial charge in [0.2, 0.25) is 0 Å². The Kier molecular flexibility index (Phi) is 3.85. The Balaban J connectivity index is 1.79. The molecule has 4 heteroatoms. The van der Waals surface area contributed by atoms with E-state index in [4.69, 9.17) is 16.3 Å². The van der Waals surface area contributed by atoms with Gasteiger partial charge in [-0.25, -0.2) is 0 Å². The highest BCUT2D eigenvalue weighted by molar-refractivity contribution is 8.17. The molecule has 0 amide bonds. The zero-order valence-corrected chi connectivity index (χ0v) is 13.7. The third-order valence-corrected chi connectivity index (χ3v) is 7.68. The Morgan fingerprint density at radius 3 is 2.32 bits per heavy atom. The number of ether oxygens (including phenoxy) is 1. The van der Waals surface area contributed by atoms with Crippen molar-refractivity contribution in [2.24, 2.45) is 11.3 Å². The number of thioether (sulfide) groups is 2. The molecule has 0 saturated carbocycles. The topological polar surface area (TPSA) is 9.23 Å². The molecule has 0 radical (unpaired) electrons. The van der Waals surface area contributed by atoms with E-state index in [-0.39, 0.29) is 4.27 Å². The summed E-state index contributed by atoms with van der Waals surface area (Å²) < 4.78 is 6.09. The van der Waals surface area contributed by atoms with Gasteiger partial charge in [0.15, 0.2) is 4.27 Å². The van der Waals surface area contributed by atoms with Gasteiger partial charge in [-0.05, 0) is 24.5 Å². The van der Waals surface area contributed by atoms with E-state index in [1.165, 1.54) is 23.5 Å². The standard InChI is InChI=1S/C15H19ClOS2/c1-11(2)7-14-8-17-15(18-9-14,19-10-14)12-3-5-13(16)6-4-12/h3-6,11H,7-10H2,1-2H3. The quantitative estimate of drug-likeness (QED) is 0.777. The summed E-state index contributed by atoms with van der Waals surface area (Å²) in [6.45, 7) is 5.51. The number of hydrogen-bond acceptors (Lipinski definition) is 3. The van der Waals surface area contributed by atoms with Crippen molar-refractivity contribution in [3.63, 3.8) is 0 Å². The van der Waals surface area contributed by atoms with E-state index in [0.717, 1.165) is 17.5 Å². The lowest BCUT2D eigenvalue weighted by molar-refractivity contribution is -0.00207. The molecule has 0 N–H and O–H groups in total. The minimum atomic E-state index is -0.191. The van der Waals surface area contributed by atoms with Crippen LogP contribution >= 0.6 is 35.1 Å². The van der Waals surface area contributed by atoms with Crippen molar-refractivity contribution in [1.82, 2.24) is 0 Å². The van der Waals surface area contributed by atoms with Gasteiger partial charge < -0.3 is 4.74 Å². The van der Waals surface area contributed by atoms with Gasteiger partial charge in [-0.3, -0.25) is 0 Å². The fourth-order valence-corrected chi connectivity index (χ4v) is 6.37. The molecule has 19 heavy (non-hydrogen) atoms. The predicted molar refractivity (Wildman–Crippen MR) is 85.9 cm³/mol. The van der Waals surface area contributed by atoms with Crippen molar-refractivity contribution in [2.45, 2.75) is 24.5 Å². The smallest absolute Gasteiger partial charge is 0.186 e. The summed E-state index contributed by atoms with van der Waals surface area (Å²) in [4.78, 5) is 0. The number of hydrogen-bond donors (Lipinski definition) is 0. The summed E-state index contributed by atoms with van der Waals surface area (Å²) in [5.74, 6) is 3.16. The largest absolute Gasteiger partial charge is 0.350 e. The van der Waals surface area contributed by atoms with Crippen LogP contribution in [0.4, 0.5) is 0 Å². The molecule has 3 heterocycles. The Bertz CT molecular complexity index is 433. The van der Waals surface area contributed by atoms with E-state index in [1.54, 1.807) is 0 Å². The van der Waals surface area contributed by atoms with E-state index < -0.39 is 0 Å². The average Bonchev–Trinajstić information content (AvgIpc) is 2.40. The van der Waals surface area contributed by atoms with Crippen LogP contribution in [0.25, 0.3) is 0 Å². The van der Waals surface area contributed by atoms with Gasteiger partial charge in [-0.1, -0.05) is 37.6 Å². The molecular formula is C15H19ClOS2. The lowest BCUT2D eigenvalue weighted by Crippen LogP contribution is -2.49. The zero-order chi connectivity index (χ0) is 13.5. The molecule has 1 aromatic rings. The fourth-order valence-electron chi connectivity index (χ4n) is 2.94. The lowest BCUT2D eigenvalue weighted by atomic mass is 9.84. The molecule has 3 fully saturated rings. The minimum Gasteiger partial charge on any atom is -0.350 e. The van der Waals surface area contributed by atoms with Crippen molar-refractivity contribution < 1.29 is 4.74 Å². The second-order valence-corrected chi connectivity index (χ2v) is 9.03. The monoisotopic (exact) mass is 314 g/mol. The summed E-state index contributed by atoms with van der Waals surface area (Å²) in [6, 6.07) is 8.12. The average molecular weight is 315 g/mol. The van der Waals surface area contributed by atoms with Gasteiger partial charge in [-0.15, -0.1) is 23.5 Å². The van der Waals surface area contributed by atoms with E-state index in [1.807, 2.05) is 35.7 Å². The third kappa shape index (κ3) is 2.67. The van der Waals surface area contributed by atoms with Gasteiger partial charge >= 0.3 is 0 Å². The maximum absolute atomic E-state index is 6.28. The van der Waals surface area contributed by atoms with Crippen molar-refractivity contribution >= 4 is 35.1 Å². The number of fused-ring (bicyclic) bond motifs is 3. The van der Waals surface area contributed by atoms with Crippen LogP contribution in [0.3, 0.4) is 0 Å². The van der Waals surface area contributed by atoms with Gasteiger partial charge in [0.05, 0.1) is 6.61 Å². The minimum absolute atomic E-state index is 0.191.